The first-order valence-corrected chi connectivity index (χ1v) is 20.6. The Hall–Kier alpha value is -3.32. The molecule has 0 radical (unpaired) electrons. The number of rotatable bonds is 4. The molecule has 2 N–H and O–H groups in total. The van der Waals surface area contributed by atoms with Crippen molar-refractivity contribution in [2.24, 2.45) is 11.8 Å². The van der Waals surface area contributed by atoms with Crippen molar-refractivity contribution < 1.29 is 32.2 Å². The number of carbonyl (C=O) groups is 2. The van der Waals surface area contributed by atoms with Crippen molar-refractivity contribution >= 4 is 39.3 Å². The second kappa shape index (κ2) is 15.2. The van der Waals surface area contributed by atoms with E-state index in [0.29, 0.717) is 42.7 Å². The third kappa shape index (κ3) is 7.95. The monoisotopic (exact) mass is 754 g/mol. The highest BCUT2D eigenvalue weighted by Gasteiger charge is 2.45. The molecular formula is C39H51ClN4O7S. The number of anilines is 1. The van der Waals surface area contributed by atoms with Gasteiger partial charge in [-0.05, 0) is 125 Å². The fourth-order valence-corrected chi connectivity index (χ4v) is 9.86. The summed E-state index contributed by atoms with van der Waals surface area (Å²) >= 11 is 6.45. The van der Waals surface area contributed by atoms with Gasteiger partial charge in [0.2, 0.25) is 0 Å². The van der Waals surface area contributed by atoms with E-state index < -0.39 is 33.7 Å². The van der Waals surface area contributed by atoms with Gasteiger partial charge in [0.05, 0.1) is 23.8 Å². The van der Waals surface area contributed by atoms with Gasteiger partial charge in [0, 0.05) is 42.5 Å². The molecule has 1 saturated carbocycles. The molecule has 2 aromatic carbocycles. The van der Waals surface area contributed by atoms with Crippen molar-refractivity contribution in [2.45, 2.75) is 87.2 Å². The summed E-state index contributed by atoms with van der Waals surface area (Å²) in [6.45, 7) is 8.14. The molecule has 3 aliphatic heterocycles. The molecule has 2 aliphatic carbocycles. The predicted molar refractivity (Wildman–Crippen MR) is 199 cm³/mol. The number of piperidine rings is 1. The number of benzene rings is 2. The van der Waals surface area contributed by atoms with Gasteiger partial charge in [0.1, 0.15) is 17.5 Å². The fourth-order valence-electron chi connectivity index (χ4n) is 8.55. The Labute approximate surface area is 312 Å². The molecule has 282 valence electrons. The number of nitrogens with one attached hydrogen (secondary N) is 2. The SMILES string of the molecule is CC1(C)OC/C=C\[C@H](OC(=O)NCCN2CCCCC2)[C@@H]2CC[C@H]2CN2C[C@@]3(CCCc4cc(Cl)ccc43)COc3ccc(cc32)S(=O)(=O)NC1=O. The largest absolute Gasteiger partial charge is 0.490 e. The van der Waals surface area contributed by atoms with Crippen LogP contribution in [0.25, 0.3) is 0 Å². The molecule has 2 fully saturated rings. The highest BCUT2D eigenvalue weighted by atomic mass is 35.5. The minimum absolute atomic E-state index is 0.0289. The summed E-state index contributed by atoms with van der Waals surface area (Å²) in [5.74, 6) is -0.0179. The van der Waals surface area contributed by atoms with E-state index in [1.807, 2.05) is 12.1 Å². The lowest BCUT2D eigenvalue weighted by atomic mass is 9.68. The zero-order chi connectivity index (χ0) is 36.5. The number of amides is 2. The number of halogens is 1. The molecule has 7 rings (SSSR count). The molecule has 11 nitrogen and oxygen atoms in total. The summed E-state index contributed by atoms with van der Waals surface area (Å²) in [6.07, 6.45) is 10.9. The first-order chi connectivity index (χ1) is 24.9. The second-order valence-corrected chi connectivity index (χ2v) is 17.7. The summed E-state index contributed by atoms with van der Waals surface area (Å²) < 4.78 is 48.2. The van der Waals surface area contributed by atoms with Gasteiger partial charge in [-0.15, -0.1) is 0 Å². The molecule has 3 heterocycles. The van der Waals surface area contributed by atoms with Crippen molar-refractivity contribution in [3.63, 3.8) is 0 Å². The molecule has 52 heavy (non-hydrogen) atoms. The maximum absolute atomic E-state index is 13.7. The highest BCUT2D eigenvalue weighted by molar-refractivity contribution is 7.90. The standard InChI is InChI=1S/C39H51ClN4O7S/c1-38(2)36(45)42-52(47,48)30-12-15-35-33(23-30)44(25-39(26-49-35)16-6-8-27-22-29(40)11-14-32(27)39)24-28-10-13-31(28)34(9-7-21-50-38)51-37(46)41-17-20-43-18-4-3-5-19-43/h7,9,11-12,14-15,22-23,28,31,34H,3-6,8,10,13,16-21,24-26H2,1-2H3,(H,41,46)(H,42,45)/b9-7-/t28-,31+,34-,39-/m0/s1. The summed E-state index contributed by atoms with van der Waals surface area (Å²) in [4.78, 5) is 31.1. The van der Waals surface area contributed by atoms with Gasteiger partial charge < -0.3 is 29.3 Å². The van der Waals surface area contributed by atoms with Crippen LogP contribution in [0, 0.1) is 11.8 Å². The number of carbonyl (C=O) groups excluding carboxylic acids is 2. The Morgan fingerprint density at radius 2 is 1.92 bits per heavy atom. The molecule has 0 unspecified atom stereocenters. The van der Waals surface area contributed by atoms with Crippen LogP contribution < -0.4 is 19.7 Å². The van der Waals surface area contributed by atoms with Crippen molar-refractivity contribution in [3.05, 3.63) is 64.7 Å². The molecule has 2 amide bonds. The molecule has 2 bridgehead atoms. The third-order valence-electron chi connectivity index (χ3n) is 11.7. The number of hydrogen-bond acceptors (Lipinski definition) is 9. The fraction of sp³-hybridized carbons (Fsp3) is 0.590. The Kier molecular flexibility index (Phi) is 10.8. The van der Waals surface area contributed by atoms with Crippen LogP contribution in [0.15, 0.2) is 53.4 Å². The number of hydrogen-bond donors (Lipinski definition) is 2. The summed E-state index contributed by atoms with van der Waals surface area (Å²) in [7, 11) is -4.24. The minimum atomic E-state index is -4.24. The quantitative estimate of drug-likeness (QED) is 0.385. The van der Waals surface area contributed by atoms with Crippen LogP contribution in [0.5, 0.6) is 5.75 Å². The van der Waals surface area contributed by atoms with Crippen molar-refractivity contribution in [3.8, 4) is 5.75 Å². The van der Waals surface area contributed by atoms with Crippen LogP contribution in [0.3, 0.4) is 0 Å². The molecule has 1 spiro atoms. The number of alkyl carbamates (subject to hydrolysis) is 1. The van der Waals surface area contributed by atoms with E-state index in [4.69, 9.17) is 25.8 Å². The molecule has 2 aromatic rings. The van der Waals surface area contributed by atoms with E-state index in [1.165, 1.54) is 50.3 Å². The van der Waals surface area contributed by atoms with Gasteiger partial charge in [-0.25, -0.2) is 17.9 Å². The number of sulfonamides is 1. The van der Waals surface area contributed by atoms with E-state index in [9.17, 15) is 18.0 Å². The number of ether oxygens (including phenoxy) is 3. The van der Waals surface area contributed by atoms with E-state index in [-0.39, 0.29) is 28.8 Å². The number of fused-ring (bicyclic) bond motifs is 4. The molecule has 5 aliphatic rings. The minimum Gasteiger partial charge on any atom is -0.490 e. The van der Waals surface area contributed by atoms with E-state index >= 15 is 0 Å². The molecule has 4 atom stereocenters. The lowest BCUT2D eigenvalue weighted by Crippen LogP contribution is -2.50. The van der Waals surface area contributed by atoms with Gasteiger partial charge in [0.25, 0.3) is 15.9 Å². The zero-order valence-electron chi connectivity index (χ0n) is 30.2. The first kappa shape index (κ1) is 37.0. The number of nitrogens with zero attached hydrogens (tertiary/aromatic N) is 2. The summed E-state index contributed by atoms with van der Waals surface area (Å²) in [5.41, 5.74) is 1.27. The first-order valence-electron chi connectivity index (χ1n) is 18.8. The molecule has 0 aromatic heterocycles. The van der Waals surface area contributed by atoms with Crippen LogP contribution in [-0.2, 0) is 36.1 Å². The smallest absolute Gasteiger partial charge is 0.407 e. The molecular weight excluding hydrogens is 704 g/mol. The Balaban J connectivity index is 1.20. The van der Waals surface area contributed by atoms with Crippen LogP contribution in [0.4, 0.5) is 10.5 Å². The summed E-state index contributed by atoms with van der Waals surface area (Å²) in [5, 5.41) is 3.67. The van der Waals surface area contributed by atoms with E-state index in [0.717, 1.165) is 51.7 Å². The maximum Gasteiger partial charge on any atom is 0.407 e. The maximum atomic E-state index is 13.7. The van der Waals surface area contributed by atoms with Crippen LogP contribution in [0.1, 0.15) is 69.9 Å². The van der Waals surface area contributed by atoms with E-state index in [2.05, 4.69) is 32.0 Å². The van der Waals surface area contributed by atoms with Crippen LogP contribution in [-0.4, -0.2) is 89.5 Å². The van der Waals surface area contributed by atoms with Gasteiger partial charge >= 0.3 is 6.09 Å². The van der Waals surface area contributed by atoms with Gasteiger partial charge in [0.15, 0.2) is 0 Å². The van der Waals surface area contributed by atoms with E-state index in [1.54, 1.807) is 18.2 Å². The van der Waals surface area contributed by atoms with Gasteiger partial charge in [-0.2, -0.15) is 0 Å². The molecule has 13 heteroatoms. The number of likely N-dealkylation sites (tertiary alicyclic amines) is 1. The van der Waals surface area contributed by atoms with Crippen LogP contribution in [0.2, 0.25) is 5.02 Å². The van der Waals surface area contributed by atoms with Crippen LogP contribution >= 0.6 is 11.6 Å². The lowest BCUT2D eigenvalue weighted by molar-refractivity contribution is -0.139. The Morgan fingerprint density at radius 1 is 1.10 bits per heavy atom. The van der Waals surface area contributed by atoms with Crippen molar-refractivity contribution in [1.82, 2.24) is 14.9 Å². The Morgan fingerprint density at radius 3 is 2.71 bits per heavy atom. The highest BCUT2D eigenvalue weighted by Crippen LogP contribution is 2.47. The van der Waals surface area contributed by atoms with Gasteiger partial charge in [-0.1, -0.05) is 30.2 Å². The average Bonchev–Trinajstić information content (AvgIpc) is 3.25. The third-order valence-corrected chi connectivity index (χ3v) is 13.3. The van der Waals surface area contributed by atoms with Crippen molar-refractivity contribution in [1.29, 1.82) is 0 Å². The van der Waals surface area contributed by atoms with Gasteiger partial charge in [-0.3, -0.25) is 4.79 Å². The van der Waals surface area contributed by atoms with Crippen molar-refractivity contribution in [2.75, 3.05) is 57.4 Å². The average molecular weight is 755 g/mol. The normalized spacial score (nSPS) is 29.2. The number of aryl methyl sites for hydroxylation is 1. The topological polar surface area (TPSA) is 127 Å². The summed E-state index contributed by atoms with van der Waals surface area (Å²) in [6, 6.07) is 10.9. The second-order valence-electron chi connectivity index (χ2n) is 15.6. The predicted octanol–water partition coefficient (Wildman–Crippen LogP) is 5.59. The lowest BCUT2D eigenvalue weighted by Gasteiger charge is -2.46. The zero-order valence-corrected chi connectivity index (χ0v) is 31.8. The molecule has 1 saturated heterocycles. The Bertz CT molecular complexity index is 1800.